The lowest BCUT2D eigenvalue weighted by Crippen LogP contribution is -2.52. The van der Waals surface area contributed by atoms with Crippen molar-refractivity contribution in [3.05, 3.63) is 39.9 Å². The van der Waals surface area contributed by atoms with Gasteiger partial charge in [-0.2, -0.15) is 0 Å². The SMILES string of the molecule is C[C@@H]1CC[C@@H](C)N1[C@@H]1CCCN(C(=O)Cc2ccccc2[N+](=O)[O-])C1. The fourth-order valence-corrected chi connectivity index (χ4v) is 4.47. The van der Waals surface area contributed by atoms with Crippen LogP contribution in [0.1, 0.15) is 45.1 Å². The third kappa shape index (κ3) is 3.84. The van der Waals surface area contributed by atoms with Gasteiger partial charge in [0.15, 0.2) is 0 Å². The number of nitrogens with zero attached hydrogens (tertiary/aromatic N) is 3. The van der Waals surface area contributed by atoms with Crippen molar-refractivity contribution >= 4 is 11.6 Å². The number of nitro benzene ring substituents is 1. The molecule has 0 saturated carbocycles. The highest BCUT2D eigenvalue weighted by Crippen LogP contribution is 2.30. The van der Waals surface area contributed by atoms with Crippen LogP contribution >= 0.6 is 0 Å². The first-order chi connectivity index (χ1) is 12.0. The molecule has 2 aliphatic heterocycles. The molecule has 6 heteroatoms. The van der Waals surface area contributed by atoms with Gasteiger partial charge in [-0.3, -0.25) is 19.8 Å². The Morgan fingerprint density at radius 3 is 2.56 bits per heavy atom. The summed E-state index contributed by atoms with van der Waals surface area (Å²) in [7, 11) is 0. The van der Waals surface area contributed by atoms with Crippen molar-refractivity contribution in [2.75, 3.05) is 13.1 Å². The lowest BCUT2D eigenvalue weighted by molar-refractivity contribution is -0.385. The predicted octanol–water partition coefficient (Wildman–Crippen LogP) is 3.00. The Kier molecular flexibility index (Phi) is 5.37. The summed E-state index contributed by atoms with van der Waals surface area (Å²) in [5.74, 6) is -0.00139. The van der Waals surface area contributed by atoms with Crippen LogP contribution in [0.15, 0.2) is 24.3 Å². The smallest absolute Gasteiger partial charge is 0.273 e. The van der Waals surface area contributed by atoms with Crippen LogP contribution in [0.3, 0.4) is 0 Å². The van der Waals surface area contributed by atoms with Crippen molar-refractivity contribution in [1.82, 2.24) is 9.80 Å². The number of likely N-dealkylation sites (tertiary alicyclic amines) is 2. The minimum Gasteiger partial charge on any atom is -0.341 e. The lowest BCUT2D eigenvalue weighted by atomic mass is 10.0. The number of amides is 1. The minimum absolute atomic E-state index is 0.00139. The van der Waals surface area contributed by atoms with Crippen LogP contribution < -0.4 is 0 Å². The van der Waals surface area contributed by atoms with Crippen molar-refractivity contribution in [3.63, 3.8) is 0 Å². The number of piperidine rings is 1. The van der Waals surface area contributed by atoms with Crippen molar-refractivity contribution in [2.45, 2.75) is 64.1 Å². The van der Waals surface area contributed by atoms with E-state index in [0.29, 0.717) is 23.7 Å². The van der Waals surface area contributed by atoms with Gasteiger partial charge in [-0.15, -0.1) is 0 Å². The van der Waals surface area contributed by atoms with Crippen molar-refractivity contribution < 1.29 is 9.72 Å². The maximum Gasteiger partial charge on any atom is 0.273 e. The highest BCUT2D eigenvalue weighted by atomic mass is 16.6. The van der Waals surface area contributed by atoms with Crippen LogP contribution in [0.5, 0.6) is 0 Å². The number of hydrogen-bond acceptors (Lipinski definition) is 4. The Morgan fingerprint density at radius 1 is 1.20 bits per heavy atom. The fraction of sp³-hybridized carbons (Fsp3) is 0.632. The van der Waals surface area contributed by atoms with E-state index < -0.39 is 4.92 Å². The summed E-state index contributed by atoms with van der Waals surface area (Å²) in [6.07, 6.45) is 4.69. The second kappa shape index (κ2) is 7.52. The van der Waals surface area contributed by atoms with Crippen LogP contribution in [0.2, 0.25) is 0 Å². The van der Waals surface area contributed by atoms with Crippen LogP contribution in [0.4, 0.5) is 5.69 Å². The molecule has 0 radical (unpaired) electrons. The van der Waals surface area contributed by atoms with E-state index in [2.05, 4.69) is 18.7 Å². The zero-order valence-corrected chi connectivity index (χ0v) is 15.1. The van der Waals surface area contributed by atoms with Gasteiger partial charge in [-0.25, -0.2) is 0 Å². The first kappa shape index (κ1) is 17.9. The Labute approximate surface area is 148 Å². The summed E-state index contributed by atoms with van der Waals surface area (Å²) in [5, 5.41) is 11.2. The van der Waals surface area contributed by atoms with Crippen molar-refractivity contribution in [3.8, 4) is 0 Å². The summed E-state index contributed by atoms with van der Waals surface area (Å²) in [6, 6.07) is 8.10. The average molecular weight is 345 g/mol. The van der Waals surface area contributed by atoms with Gasteiger partial charge in [0.2, 0.25) is 5.91 Å². The van der Waals surface area contributed by atoms with Gasteiger partial charge >= 0.3 is 0 Å². The Hall–Kier alpha value is -1.95. The summed E-state index contributed by atoms with van der Waals surface area (Å²) < 4.78 is 0. The van der Waals surface area contributed by atoms with E-state index in [0.717, 1.165) is 25.9 Å². The molecular formula is C19H27N3O3. The Bertz CT molecular complexity index is 639. The number of para-hydroxylation sites is 1. The molecule has 2 fully saturated rings. The summed E-state index contributed by atoms with van der Waals surface area (Å²) >= 11 is 0. The second-order valence-electron chi connectivity index (χ2n) is 7.42. The van der Waals surface area contributed by atoms with Crippen LogP contribution in [-0.4, -0.2) is 51.8 Å². The molecule has 136 valence electrons. The van der Waals surface area contributed by atoms with Gasteiger partial charge in [0.25, 0.3) is 5.69 Å². The number of nitro groups is 1. The monoisotopic (exact) mass is 345 g/mol. The molecule has 1 aromatic carbocycles. The van der Waals surface area contributed by atoms with Crippen LogP contribution in [0.25, 0.3) is 0 Å². The summed E-state index contributed by atoms with van der Waals surface area (Å²) in [5.41, 5.74) is 0.536. The molecular weight excluding hydrogens is 318 g/mol. The average Bonchev–Trinajstić information content (AvgIpc) is 2.94. The van der Waals surface area contributed by atoms with E-state index >= 15 is 0 Å². The number of rotatable bonds is 4. The molecule has 2 heterocycles. The van der Waals surface area contributed by atoms with Gasteiger partial charge in [-0.05, 0) is 39.5 Å². The predicted molar refractivity (Wildman–Crippen MR) is 96.4 cm³/mol. The molecule has 0 bridgehead atoms. The third-order valence-corrected chi connectivity index (χ3v) is 5.72. The van der Waals surface area contributed by atoms with Crippen molar-refractivity contribution in [1.29, 1.82) is 0 Å². The normalized spacial score (nSPS) is 27.4. The molecule has 1 aromatic rings. The first-order valence-electron chi connectivity index (χ1n) is 9.25. The quantitative estimate of drug-likeness (QED) is 0.621. The molecule has 0 spiro atoms. The topological polar surface area (TPSA) is 66.7 Å². The van der Waals surface area contributed by atoms with Gasteiger partial charge in [-0.1, -0.05) is 18.2 Å². The largest absolute Gasteiger partial charge is 0.341 e. The van der Waals surface area contributed by atoms with Gasteiger partial charge < -0.3 is 4.90 Å². The molecule has 0 unspecified atom stereocenters. The van der Waals surface area contributed by atoms with E-state index in [4.69, 9.17) is 0 Å². The van der Waals surface area contributed by atoms with Crippen LogP contribution in [-0.2, 0) is 11.2 Å². The van der Waals surface area contributed by atoms with Crippen molar-refractivity contribution in [2.24, 2.45) is 0 Å². The molecule has 0 aromatic heterocycles. The van der Waals surface area contributed by atoms with E-state index in [-0.39, 0.29) is 18.0 Å². The maximum atomic E-state index is 12.8. The van der Waals surface area contributed by atoms with Crippen LogP contribution in [0, 0.1) is 10.1 Å². The lowest BCUT2D eigenvalue weighted by Gasteiger charge is -2.41. The van der Waals surface area contributed by atoms with Gasteiger partial charge in [0, 0.05) is 42.8 Å². The number of carbonyl (C=O) groups excluding carboxylic acids is 1. The zero-order valence-electron chi connectivity index (χ0n) is 15.1. The molecule has 25 heavy (non-hydrogen) atoms. The standard InChI is InChI=1S/C19H27N3O3/c1-14-9-10-15(2)21(14)17-7-5-11-20(13-17)19(23)12-16-6-3-4-8-18(16)22(24)25/h3-4,6,8,14-15,17H,5,7,9-13H2,1-2H3/t14-,15-,17-/m1/s1. The second-order valence-corrected chi connectivity index (χ2v) is 7.42. The fourth-order valence-electron chi connectivity index (χ4n) is 4.47. The highest BCUT2D eigenvalue weighted by Gasteiger charge is 2.36. The van der Waals surface area contributed by atoms with E-state index in [1.807, 2.05) is 4.90 Å². The number of carbonyl (C=O) groups is 1. The Morgan fingerprint density at radius 2 is 1.88 bits per heavy atom. The molecule has 1 amide bonds. The van der Waals surface area contributed by atoms with E-state index in [1.54, 1.807) is 18.2 Å². The van der Waals surface area contributed by atoms with E-state index in [1.165, 1.54) is 18.9 Å². The molecule has 2 aliphatic rings. The highest BCUT2D eigenvalue weighted by molar-refractivity contribution is 5.80. The molecule has 0 aliphatic carbocycles. The Balaban J connectivity index is 1.67. The maximum absolute atomic E-state index is 12.8. The zero-order chi connectivity index (χ0) is 18.0. The summed E-state index contributed by atoms with van der Waals surface area (Å²) in [6.45, 7) is 6.05. The van der Waals surface area contributed by atoms with E-state index in [9.17, 15) is 14.9 Å². The molecule has 3 rings (SSSR count). The van der Waals surface area contributed by atoms with Gasteiger partial charge in [0.1, 0.15) is 0 Å². The molecule has 2 saturated heterocycles. The molecule has 3 atom stereocenters. The summed E-state index contributed by atoms with van der Waals surface area (Å²) in [4.78, 5) is 28.0. The first-order valence-corrected chi connectivity index (χ1v) is 9.25. The molecule has 0 N–H and O–H groups in total. The molecule has 6 nitrogen and oxygen atoms in total. The third-order valence-electron chi connectivity index (χ3n) is 5.72. The minimum atomic E-state index is -0.408. The number of hydrogen-bond donors (Lipinski definition) is 0. The number of benzene rings is 1. The van der Waals surface area contributed by atoms with Gasteiger partial charge in [0.05, 0.1) is 11.3 Å².